The summed E-state index contributed by atoms with van der Waals surface area (Å²) in [5.74, 6) is 0.847. The Morgan fingerprint density at radius 2 is 1.97 bits per heavy atom. The van der Waals surface area contributed by atoms with Gasteiger partial charge in [0, 0.05) is 25.8 Å². The Balaban J connectivity index is 1.83. The van der Waals surface area contributed by atoms with Crippen molar-refractivity contribution in [3.63, 3.8) is 0 Å². The molecule has 2 aromatic rings. The zero-order chi connectivity index (χ0) is 20.5. The first-order chi connectivity index (χ1) is 14.0. The van der Waals surface area contributed by atoms with Crippen LogP contribution in [0.5, 0.6) is 0 Å². The Kier molecular flexibility index (Phi) is 5.74. The Morgan fingerprint density at radius 3 is 2.69 bits per heavy atom. The number of fused-ring (bicyclic) bond motifs is 1. The summed E-state index contributed by atoms with van der Waals surface area (Å²) >= 11 is 6.68. The summed E-state index contributed by atoms with van der Waals surface area (Å²) < 4.78 is 2.08. The number of thiocarbonyl (C=S) groups is 1. The van der Waals surface area contributed by atoms with Gasteiger partial charge in [0.05, 0.1) is 10.5 Å². The van der Waals surface area contributed by atoms with Crippen LogP contribution in [0.3, 0.4) is 0 Å². The lowest BCUT2D eigenvalue weighted by Gasteiger charge is -2.29. The molecule has 1 amide bonds. The van der Waals surface area contributed by atoms with Crippen LogP contribution < -0.4 is 10.5 Å². The Bertz CT molecular complexity index is 1050. The van der Waals surface area contributed by atoms with Crippen LogP contribution in [0, 0.1) is 5.92 Å². The van der Waals surface area contributed by atoms with E-state index in [0.717, 1.165) is 25.9 Å². The standard InChI is InChI=1S/C21H24N4O2S2/c1-14(2)13-25-20(27)16(29-21(25)28)12-15-18(23-9-5-3-6-10-23)22-17-8-4-7-11-24(17)19(15)26/h4,7-8,11-12,14H,3,5-6,9-10,13H2,1-2H3. The fourth-order valence-corrected chi connectivity index (χ4v) is 4.97. The zero-order valence-electron chi connectivity index (χ0n) is 16.6. The number of hydrogen-bond acceptors (Lipinski definition) is 6. The molecule has 2 saturated heterocycles. The summed E-state index contributed by atoms with van der Waals surface area (Å²) in [4.78, 5) is 35.3. The van der Waals surface area contributed by atoms with Gasteiger partial charge in [0.2, 0.25) is 0 Å². The number of rotatable bonds is 4. The molecule has 0 N–H and O–H groups in total. The van der Waals surface area contributed by atoms with Crippen LogP contribution in [0.1, 0.15) is 38.7 Å². The van der Waals surface area contributed by atoms with Crippen LogP contribution in [0.25, 0.3) is 11.7 Å². The van der Waals surface area contributed by atoms with Crippen LogP contribution in [-0.2, 0) is 4.79 Å². The third kappa shape index (κ3) is 3.96. The van der Waals surface area contributed by atoms with Crippen LogP contribution >= 0.6 is 24.0 Å². The van der Waals surface area contributed by atoms with Crippen molar-refractivity contribution < 1.29 is 4.79 Å². The van der Waals surface area contributed by atoms with Crippen LogP contribution in [-0.4, -0.2) is 44.1 Å². The SMILES string of the molecule is CC(C)CN1C(=O)C(=Cc2c(N3CCCCC3)nc3ccccn3c2=O)SC1=S. The summed E-state index contributed by atoms with van der Waals surface area (Å²) in [6.07, 6.45) is 6.74. The number of piperidine rings is 1. The number of amides is 1. The number of thioether (sulfide) groups is 1. The van der Waals surface area contributed by atoms with Crippen molar-refractivity contribution in [2.45, 2.75) is 33.1 Å². The largest absolute Gasteiger partial charge is 0.356 e. The third-order valence-electron chi connectivity index (χ3n) is 5.10. The zero-order valence-corrected chi connectivity index (χ0v) is 18.3. The molecule has 0 atom stereocenters. The second-order valence-corrected chi connectivity index (χ2v) is 9.49. The van der Waals surface area contributed by atoms with Crippen molar-refractivity contribution in [1.29, 1.82) is 0 Å². The van der Waals surface area contributed by atoms with Crippen LogP contribution in [0.2, 0.25) is 0 Å². The Hall–Kier alpha value is -2.19. The maximum atomic E-state index is 13.3. The minimum atomic E-state index is -0.162. The molecular weight excluding hydrogens is 404 g/mol. The average Bonchev–Trinajstić information content (AvgIpc) is 2.97. The fraction of sp³-hybridized carbons (Fsp3) is 0.429. The van der Waals surface area contributed by atoms with Gasteiger partial charge in [-0.3, -0.25) is 18.9 Å². The number of carbonyl (C=O) groups is 1. The molecule has 0 aromatic carbocycles. The number of nitrogens with zero attached hydrogens (tertiary/aromatic N) is 4. The van der Waals surface area contributed by atoms with Gasteiger partial charge in [-0.15, -0.1) is 0 Å². The minimum Gasteiger partial charge on any atom is -0.356 e. The lowest BCUT2D eigenvalue weighted by atomic mass is 10.1. The van der Waals surface area contributed by atoms with E-state index in [1.165, 1.54) is 22.6 Å². The molecule has 4 heterocycles. The first-order valence-electron chi connectivity index (χ1n) is 9.97. The number of carbonyl (C=O) groups excluding carboxylic acids is 1. The van der Waals surface area contributed by atoms with Crippen LogP contribution in [0.15, 0.2) is 34.1 Å². The van der Waals surface area contributed by atoms with E-state index in [2.05, 4.69) is 18.7 Å². The van der Waals surface area contributed by atoms with Gasteiger partial charge in [0.1, 0.15) is 15.8 Å². The van der Waals surface area contributed by atoms with Crippen molar-refractivity contribution in [2.75, 3.05) is 24.5 Å². The lowest BCUT2D eigenvalue weighted by molar-refractivity contribution is -0.122. The molecule has 6 nitrogen and oxygen atoms in total. The Morgan fingerprint density at radius 1 is 1.21 bits per heavy atom. The van der Waals surface area contributed by atoms with E-state index in [1.807, 2.05) is 18.2 Å². The summed E-state index contributed by atoms with van der Waals surface area (Å²) in [5.41, 5.74) is 0.911. The molecular formula is C21H24N4O2S2. The van der Waals surface area contributed by atoms with Gasteiger partial charge in [0.15, 0.2) is 0 Å². The van der Waals surface area contributed by atoms with Gasteiger partial charge in [-0.25, -0.2) is 4.98 Å². The van der Waals surface area contributed by atoms with Gasteiger partial charge in [-0.2, -0.15) is 0 Å². The number of anilines is 1. The van der Waals surface area contributed by atoms with Crippen molar-refractivity contribution in [3.8, 4) is 0 Å². The van der Waals surface area contributed by atoms with E-state index in [9.17, 15) is 9.59 Å². The number of aromatic nitrogens is 2. The highest BCUT2D eigenvalue weighted by Crippen LogP contribution is 2.34. The highest BCUT2D eigenvalue weighted by atomic mass is 32.2. The highest BCUT2D eigenvalue weighted by Gasteiger charge is 2.33. The van der Waals surface area contributed by atoms with E-state index in [-0.39, 0.29) is 11.5 Å². The Labute approximate surface area is 179 Å². The molecule has 8 heteroatoms. The van der Waals surface area contributed by atoms with Crippen molar-refractivity contribution >= 4 is 51.7 Å². The van der Waals surface area contributed by atoms with Crippen molar-refractivity contribution in [3.05, 3.63) is 45.2 Å². The molecule has 2 fully saturated rings. The lowest BCUT2D eigenvalue weighted by Crippen LogP contribution is -2.34. The molecule has 0 aliphatic carbocycles. The summed E-state index contributed by atoms with van der Waals surface area (Å²) in [6.45, 7) is 6.41. The van der Waals surface area contributed by atoms with Crippen molar-refractivity contribution in [2.24, 2.45) is 5.92 Å². The van der Waals surface area contributed by atoms with E-state index >= 15 is 0 Å². The van der Waals surface area contributed by atoms with Crippen LogP contribution in [0.4, 0.5) is 5.82 Å². The van der Waals surface area contributed by atoms with Gasteiger partial charge in [-0.05, 0) is 43.4 Å². The maximum absolute atomic E-state index is 13.3. The number of hydrogen-bond donors (Lipinski definition) is 0. The van der Waals surface area contributed by atoms with E-state index < -0.39 is 0 Å². The third-order valence-corrected chi connectivity index (χ3v) is 6.48. The molecule has 152 valence electrons. The summed E-state index contributed by atoms with van der Waals surface area (Å²) in [7, 11) is 0. The monoisotopic (exact) mass is 428 g/mol. The van der Waals surface area contributed by atoms with E-state index in [4.69, 9.17) is 17.2 Å². The summed E-state index contributed by atoms with van der Waals surface area (Å²) in [6, 6.07) is 5.52. The maximum Gasteiger partial charge on any atom is 0.267 e. The molecule has 0 bridgehead atoms. The smallest absolute Gasteiger partial charge is 0.267 e. The molecule has 0 radical (unpaired) electrons. The normalized spacial score (nSPS) is 19.2. The first kappa shape index (κ1) is 20.1. The predicted molar refractivity (Wildman–Crippen MR) is 122 cm³/mol. The molecule has 2 aliphatic heterocycles. The molecule has 29 heavy (non-hydrogen) atoms. The minimum absolute atomic E-state index is 0.129. The van der Waals surface area contributed by atoms with E-state index in [0.29, 0.717) is 38.7 Å². The fourth-order valence-electron chi connectivity index (χ4n) is 3.72. The van der Waals surface area contributed by atoms with Crippen molar-refractivity contribution in [1.82, 2.24) is 14.3 Å². The van der Waals surface area contributed by atoms with Gasteiger partial charge in [-0.1, -0.05) is 43.9 Å². The predicted octanol–water partition coefficient (Wildman–Crippen LogP) is 3.54. The quantitative estimate of drug-likeness (QED) is 0.548. The van der Waals surface area contributed by atoms with Gasteiger partial charge >= 0.3 is 0 Å². The molecule has 0 saturated carbocycles. The van der Waals surface area contributed by atoms with Gasteiger partial charge in [0.25, 0.3) is 11.5 Å². The topological polar surface area (TPSA) is 57.9 Å². The molecule has 0 spiro atoms. The molecule has 0 unspecified atom stereocenters. The first-order valence-corrected chi connectivity index (χ1v) is 11.2. The molecule has 2 aromatic heterocycles. The molecule has 4 rings (SSSR count). The van der Waals surface area contributed by atoms with Gasteiger partial charge < -0.3 is 4.90 Å². The molecule has 2 aliphatic rings. The average molecular weight is 429 g/mol. The van der Waals surface area contributed by atoms with E-state index in [1.54, 1.807) is 17.2 Å². The highest BCUT2D eigenvalue weighted by molar-refractivity contribution is 8.26. The second-order valence-electron chi connectivity index (χ2n) is 7.82. The number of pyridine rings is 1. The second kappa shape index (κ2) is 8.28. The summed E-state index contributed by atoms with van der Waals surface area (Å²) in [5, 5.41) is 0.